The Hall–Kier alpha value is -2.02. The summed E-state index contributed by atoms with van der Waals surface area (Å²) in [5.41, 5.74) is 0.877. The second-order valence-electron chi connectivity index (χ2n) is 4.84. The molecule has 0 saturated heterocycles. The number of carbonyl (C=O) groups excluding carboxylic acids is 1. The summed E-state index contributed by atoms with van der Waals surface area (Å²) in [6.07, 6.45) is 6.02. The number of aromatic nitrogens is 4. The molecule has 0 radical (unpaired) electrons. The minimum atomic E-state index is 0.0627. The first-order valence-corrected chi connectivity index (χ1v) is 7.00. The number of carbonyl (C=O) groups is 1. The van der Waals surface area contributed by atoms with Gasteiger partial charge in [-0.1, -0.05) is 0 Å². The van der Waals surface area contributed by atoms with Crippen molar-refractivity contribution < 1.29 is 4.79 Å². The van der Waals surface area contributed by atoms with Crippen LogP contribution >= 0.6 is 12.2 Å². The van der Waals surface area contributed by atoms with E-state index < -0.39 is 0 Å². The molecule has 0 unspecified atom stereocenters. The average Bonchev–Trinajstić information content (AvgIpc) is 3.19. The molecule has 20 heavy (non-hydrogen) atoms. The van der Waals surface area contributed by atoms with Gasteiger partial charge in [-0.25, -0.2) is 0 Å². The van der Waals surface area contributed by atoms with Crippen molar-refractivity contribution >= 4 is 18.1 Å². The van der Waals surface area contributed by atoms with E-state index >= 15 is 0 Å². The van der Waals surface area contributed by atoms with Crippen molar-refractivity contribution in [3.63, 3.8) is 0 Å². The Bertz CT molecular complexity index is 659. The number of aromatic amines is 1. The maximum atomic E-state index is 11.7. The zero-order valence-corrected chi connectivity index (χ0v) is 11.7. The molecule has 2 aromatic heterocycles. The van der Waals surface area contributed by atoms with Crippen molar-refractivity contribution in [3.05, 3.63) is 29.3 Å². The van der Waals surface area contributed by atoms with Crippen LogP contribution in [0, 0.1) is 4.77 Å². The van der Waals surface area contributed by atoms with Gasteiger partial charge in [-0.2, -0.15) is 5.10 Å². The molecule has 1 aliphatic rings. The minimum absolute atomic E-state index is 0.0627. The topological polar surface area (TPSA) is 75.6 Å². The summed E-state index contributed by atoms with van der Waals surface area (Å²) < 4.78 is 2.35. The van der Waals surface area contributed by atoms with Crippen LogP contribution in [0.2, 0.25) is 0 Å². The summed E-state index contributed by atoms with van der Waals surface area (Å²) in [6, 6.07) is 4.15. The molecule has 0 aromatic carbocycles. The minimum Gasteiger partial charge on any atom is -0.353 e. The molecule has 2 aromatic rings. The molecular formula is C13H15N5OS. The summed E-state index contributed by atoms with van der Waals surface area (Å²) in [6.45, 7) is 0.512. The Morgan fingerprint density at radius 3 is 3.10 bits per heavy atom. The van der Waals surface area contributed by atoms with Crippen molar-refractivity contribution in [1.82, 2.24) is 25.1 Å². The van der Waals surface area contributed by atoms with E-state index in [0.717, 1.165) is 18.4 Å². The predicted octanol–water partition coefficient (Wildman–Crippen LogP) is 1.67. The molecule has 1 amide bonds. The average molecular weight is 289 g/mol. The normalized spacial score (nSPS) is 14.2. The molecule has 3 rings (SSSR count). The van der Waals surface area contributed by atoms with Crippen LogP contribution in [-0.4, -0.2) is 31.7 Å². The van der Waals surface area contributed by atoms with E-state index in [1.54, 1.807) is 12.4 Å². The molecule has 0 aliphatic heterocycles. The van der Waals surface area contributed by atoms with Crippen LogP contribution in [0.3, 0.4) is 0 Å². The molecule has 2 heterocycles. The van der Waals surface area contributed by atoms with Crippen LogP contribution in [-0.2, 0) is 11.3 Å². The molecule has 0 atom stereocenters. The van der Waals surface area contributed by atoms with Gasteiger partial charge < -0.3 is 5.32 Å². The van der Waals surface area contributed by atoms with E-state index in [-0.39, 0.29) is 5.91 Å². The molecule has 2 N–H and O–H groups in total. The lowest BCUT2D eigenvalue weighted by atomic mass is 10.2. The summed E-state index contributed by atoms with van der Waals surface area (Å²) in [5, 5.41) is 9.95. The maximum absolute atomic E-state index is 11.7. The van der Waals surface area contributed by atoms with Gasteiger partial charge in [-0.3, -0.25) is 19.4 Å². The highest BCUT2D eigenvalue weighted by Crippen LogP contribution is 2.19. The molecular weight excluding hydrogens is 274 g/mol. The Labute approximate surface area is 121 Å². The third-order valence-electron chi connectivity index (χ3n) is 3.18. The van der Waals surface area contributed by atoms with E-state index in [2.05, 4.69) is 20.5 Å². The van der Waals surface area contributed by atoms with Gasteiger partial charge in [0.05, 0.1) is 0 Å². The van der Waals surface area contributed by atoms with E-state index in [1.807, 2.05) is 16.7 Å². The van der Waals surface area contributed by atoms with E-state index in [9.17, 15) is 4.79 Å². The fourth-order valence-corrected chi connectivity index (χ4v) is 2.20. The molecule has 104 valence electrons. The van der Waals surface area contributed by atoms with Gasteiger partial charge in [0.25, 0.3) is 0 Å². The van der Waals surface area contributed by atoms with Crippen LogP contribution in [0.15, 0.2) is 24.5 Å². The number of rotatable bonds is 5. The number of hydrogen-bond acceptors (Lipinski definition) is 4. The smallest absolute Gasteiger partial charge is 0.222 e. The lowest BCUT2D eigenvalue weighted by Crippen LogP contribution is -2.26. The van der Waals surface area contributed by atoms with Gasteiger partial charge >= 0.3 is 0 Å². The highest BCUT2D eigenvalue weighted by atomic mass is 32.1. The van der Waals surface area contributed by atoms with E-state index in [1.165, 1.54) is 0 Å². The summed E-state index contributed by atoms with van der Waals surface area (Å²) in [5.74, 6) is 0.773. The van der Waals surface area contributed by atoms with Crippen molar-refractivity contribution in [2.75, 3.05) is 0 Å². The van der Waals surface area contributed by atoms with Crippen molar-refractivity contribution in [2.45, 2.75) is 31.8 Å². The van der Waals surface area contributed by atoms with Crippen LogP contribution in [0.1, 0.15) is 19.3 Å². The van der Waals surface area contributed by atoms with Gasteiger partial charge in [0.1, 0.15) is 0 Å². The molecule has 7 heteroatoms. The fraction of sp³-hybridized carbons (Fsp3) is 0.385. The third-order valence-corrected chi connectivity index (χ3v) is 3.49. The molecule has 0 spiro atoms. The number of hydrogen-bond donors (Lipinski definition) is 2. The summed E-state index contributed by atoms with van der Waals surface area (Å²) in [4.78, 5) is 15.8. The second-order valence-corrected chi connectivity index (χ2v) is 5.22. The quantitative estimate of drug-likeness (QED) is 0.821. The first-order valence-electron chi connectivity index (χ1n) is 6.59. The first kappa shape index (κ1) is 13.0. The van der Waals surface area contributed by atoms with Crippen LogP contribution < -0.4 is 5.32 Å². The zero-order chi connectivity index (χ0) is 13.9. The van der Waals surface area contributed by atoms with Crippen LogP contribution in [0.25, 0.3) is 11.4 Å². The SMILES string of the molecule is O=C(CCn1c(-c2cccnc2)n[nH]c1=S)NC1CC1. The van der Waals surface area contributed by atoms with Gasteiger partial charge in [0.15, 0.2) is 10.6 Å². The Morgan fingerprint density at radius 2 is 2.40 bits per heavy atom. The van der Waals surface area contributed by atoms with Crippen molar-refractivity contribution in [2.24, 2.45) is 0 Å². The van der Waals surface area contributed by atoms with Crippen LogP contribution in [0.4, 0.5) is 0 Å². The molecule has 1 saturated carbocycles. The van der Waals surface area contributed by atoms with Gasteiger partial charge in [-0.05, 0) is 37.2 Å². The Kier molecular flexibility index (Phi) is 3.60. The van der Waals surface area contributed by atoms with Crippen molar-refractivity contribution in [3.8, 4) is 11.4 Å². The Morgan fingerprint density at radius 1 is 1.55 bits per heavy atom. The Balaban J connectivity index is 1.74. The largest absolute Gasteiger partial charge is 0.353 e. The number of H-pyrrole nitrogens is 1. The zero-order valence-electron chi connectivity index (χ0n) is 10.9. The number of pyridine rings is 1. The monoisotopic (exact) mass is 289 g/mol. The molecule has 0 bridgehead atoms. The highest BCUT2D eigenvalue weighted by molar-refractivity contribution is 7.71. The van der Waals surface area contributed by atoms with Gasteiger partial charge in [0.2, 0.25) is 5.91 Å². The second kappa shape index (κ2) is 5.54. The van der Waals surface area contributed by atoms with Crippen molar-refractivity contribution in [1.29, 1.82) is 0 Å². The first-order chi connectivity index (χ1) is 9.74. The van der Waals surface area contributed by atoms with Gasteiger partial charge in [0, 0.05) is 37.0 Å². The molecule has 6 nitrogen and oxygen atoms in total. The lowest BCUT2D eigenvalue weighted by Gasteiger charge is -2.07. The third kappa shape index (κ3) is 2.93. The highest BCUT2D eigenvalue weighted by Gasteiger charge is 2.23. The lowest BCUT2D eigenvalue weighted by molar-refractivity contribution is -0.121. The van der Waals surface area contributed by atoms with Gasteiger partial charge in [-0.15, -0.1) is 0 Å². The standard InChI is InChI=1S/C13H15N5OS/c19-11(15-10-3-4-10)5-7-18-12(16-17-13(18)20)9-2-1-6-14-8-9/h1-2,6,8,10H,3-5,7H2,(H,15,19)(H,17,20). The number of amides is 1. The fourth-order valence-electron chi connectivity index (χ4n) is 1.98. The summed E-state index contributed by atoms with van der Waals surface area (Å²) >= 11 is 5.22. The number of nitrogens with one attached hydrogen (secondary N) is 2. The van der Waals surface area contributed by atoms with E-state index in [4.69, 9.17) is 12.2 Å². The van der Waals surface area contributed by atoms with E-state index in [0.29, 0.717) is 29.6 Å². The number of nitrogens with zero attached hydrogens (tertiary/aromatic N) is 3. The predicted molar refractivity (Wildman–Crippen MR) is 76.4 cm³/mol. The summed E-state index contributed by atoms with van der Waals surface area (Å²) in [7, 11) is 0. The molecule has 1 aliphatic carbocycles. The van der Waals surface area contributed by atoms with Crippen LogP contribution in [0.5, 0.6) is 0 Å². The molecule has 1 fully saturated rings. The maximum Gasteiger partial charge on any atom is 0.222 e.